The molecule has 0 bridgehead atoms. The van der Waals surface area contributed by atoms with E-state index < -0.39 is 0 Å². The van der Waals surface area contributed by atoms with Crippen LogP contribution >= 0.6 is 0 Å². The van der Waals surface area contributed by atoms with E-state index in [2.05, 4.69) is 195 Å². The van der Waals surface area contributed by atoms with Crippen LogP contribution in [0.15, 0.2) is 164 Å². The fraction of sp³-hybridized carbons (Fsp3) is 0.0638. The summed E-state index contributed by atoms with van der Waals surface area (Å²) in [6.45, 7) is 4.69. The van der Waals surface area contributed by atoms with E-state index in [1.54, 1.807) is 0 Å². The van der Waals surface area contributed by atoms with E-state index in [-0.39, 0.29) is 5.41 Å². The van der Waals surface area contributed by atoms with Gasteiger partial charge in [-0.25, -0.2) is 0 Å². The number of nitrogens with zero attached hydrogens (tertiary/aromatic N) is 1. The Labute approximate surface area is 282 Å². The Morgan fingerprint density at radius 2 is 1.06 bits per heavy atom. The molecule has 1 heteroatoms. The quantitative estimate of drug-likeness (QED) is 0.138. The summed E-state index contributed by atoms with van der Waals surface area (Å²) in [5, 5.41) is 7.57. The molecule has 48 heavy (non-hydrogen) atoms. The number of para-hydroxylation sites is 1. The topological polar surface area (TPSA) is 3.24 Å². The second kappa shape index (κ2) is 11.1. The molecule has 0 heterocycles. The number of hydrogen-bond donors (Lipinski definition) is 0. The van der Waals surface area contributed by atoms with E-state index in [4.69, 9.17) is 0 Å². The van der Waals surface area contributed by atoms with Crippen LogP contribution in [0, 0.1) is 0 Å². The summed E-state index contributed by atoms with van der Waals surface area (Å²) < 4.78 is 0. The summed E-state index contributed by atoms with van der Waals surface area (Å²) in [7, 11) is 0. The van der Waals surface area contributed by atoms with Crippen molar-refractivity contribution in [3.05, 3.63) is 186 Å². The van der Waals surface area contributed by atoms with Crippen LogP contribution < -0.4 is 4.90 Å². The average Bonchev–Trinajstić information content (AvgIpc) is 3.36. The highest BCUT2D eigenvalue weighted by Gasteiger charge is 2.35. The SMILES string of the molecule is CC1(C)c2ccccc2-c2ccc(N(c3ccccc3)c3ccc4cc(C=Cc5cc6ccccc6c6ccccc56)ccc4c3)cc21. The Kier molecular flexibility index (Phi) is 6.55. The molecule has 0 fully saturated rings. The van der Waals surface area contributed by atoms with E-state index in [0.717, 1.165) is 11.4 Å². The molecule has 1 nitrogen and oxygen atoms in total. The Morgan fingerprint density at radius 1 is 0.417 bits per heavy atom. The minimum absolute atomic E-state index is 0.0588. The van der Waals surface area contributed by atoms with Crippen LogP contribution in [0.3, 0.4) is 0 Å². The normalized spacial score (nSPS) is 13.3. The maximum Gasteiger partial charge on any atom is 0.0468 e. The van der Waals surface area contributed by atoms with Gasteiger partial charge >= 0.3 is 0 Å². The summed E-state index contributed by atoms with van der Waals surface area (Å²) in [5.41, 5.74) is 11.3. The van der Waals surface area contributed by atoms with Crippen LogP contribution in [0.25, 0.3) is 55.6 Å². The Bertz CT molecular complexity index is 2540. The van der Waals surface area contributed by atoms with Crippen LogP contribution in [-0.2, 0) is 5.41 Å². The first-order chi connectivity index (χ1) is 23.5. The van der Waals surface area contributed by atoms with E-state index in [1.807, 2.05) is 0 Å². The molecule has 8 aromatic carbocycles. The standard InChI is InChI=1S/C47H35N/c1-47(2)45-19-11-10-18-43(45)44-27-26-39(31-46(44)47)48(37-13-4-3-5-14-37)38-25-24-33-28-32(20-22-34(33)30-38)21-23-36-29-35-12-6-7-15-40(35)42-17-9-8-16-41(36)42/h3-31H,1-2H3. The van der Waals surface area contributed by atoms with Gasteiger partial charge in [0.25, 0.3) is 0 Å². The summed E-state index contributed by atoms with van der Waals surface area (Å²) in [5.74, 6) is 0. The highest BCUT2D eigenvalue weighted by molar-refractivity contribution is 6.11. The van der Waals surface area contributed by atoms with Gasteiger partial charge in [0.05, 0.1) is 0 Å². The lowest BCUT2D eigenvalue weighted by atomic mass is 9.82. The van der Waals surface area contributed by atoms with Gasteiger partial charge in [0, 0.05) is 22.5 Å². The minimum atomic E-state index is -0.0588. The van der Waals surface area contributed by atoms with Gasteiger partial charge in [-0.2, -0.15) is 0 Å². The summed E-state index contributed by atoms with van der Waals surface area (Å²) >= 11 is 0. The molecule has 0 amide bonds. The zero-order chi connectivity index (χ0) is 32.2. The summed E-state index contributed by atoms with van der Waals surface area (Å²) in [4.78, 5) is 2.39. The van der Waals surface area contributed by atoms with Crippen molar-refractivity contribution in [2.45, 2.75) is 19.3 Å². The van der Waals surface area contributed by atoms with Gasteiger partial charge < -0.3 is 4.90 Å². The third kappa shape index (κ3) is 4.62. The van der Waals surface area contributed by atoms with Crippen LogP contribution in [0.5, 0.6) is 0 Å². The third-order valence-corrected chi connectivity index (χ3v) is 10.2. The Balaban J connectivity index is 1.09. The molecule has 8 aromatic rings. The highest BCUT2D eigenvalue weighted by Crippen LogP contribution is 2.50. The molecule has 0 radical (unpaired) electrons. The zero-order valence-corrected chi connectivity index (χ0v) is 27.2. The molecule has 228 valence electrons. The molecule has 9 rings (SSSR count). The maximum absolute atomic E-state index is 2.40. The van der Waals surface area contributed by atoms with Gasteiger partial charge in [0.15, 0.2) is 0 Å². The molecule has 0 spiro atoms. The molecule has 0 saturated heterocycles. The molecule has 1 aliphatic rings. The summed E-state index contributed by atoms with van der Waals surface area (Å²) in [6, 6.07) is 59.8. The number of fused-ring (bicyclic) bond motifs is 7. The maximum atomic E-state index is 2.40. The van der Waals surface area contributed by atoms with Crippen molar-refractivity contribution in [3.63, 3.8) is 0 Å². The molecule has 0 N–H and O–H groups in total. The second-order valence-corrected chi connectivity index (χ2v) is 13.4. The zero-order valence-electron chi connectivity index (χ0n) is 27.2. The fourth-order valence-electron chi connectivity index (χ4n) is 7.76. The van der Waals surface area contributed by atoms with Crippen molar-refractivity contribution < 1.29 is 0 Å². The first-order valence-corrected chi connectivity index (χ1v) is 16.8. The number of hydrogen-bond acceptors (Lipinski definition) is 1. The van der Waals surface area contributed by atoms with Gasteiger partial charge in [-0.15, -0.1) is 0 Å². The lowest BCUT2D eigenvalue weighted by Crippen LogP contribution is -2.16. The Hall–Kier alpha value is -5.92. The van der Waals surface area contributed by atoms with Gasteiger partial charge in [-0.1, -0.05) is 141 Å². The van der Waals surface area contributed by atoms with Gasteiger partial charge in [-0.3, -0.25) is 0 Å². The molecule has 0 saturated carbocycles. The average molecular weight is 614 g/mol. The molecule has 1 aliphatic carbocycles. The molecular formula is C47H35N. The smallest absolute Gasteiger partial charge is 0.0468 e. The van der Waals surface area contributed by atoms with Gasteiger partial charge in [0.2, 0.25) is 0 Å². The van der Waals surface area contributed by atoms with E-state index in [1.165, 1.54) is 71.4 Å². The predicted octanol–water partition coefficient (Wildman–Crippen LogP) is 13.1. The lowest BCUT2D eigenvalue weighted by molar-refractivity contribution is 0.660. The molecule has 0 aliphatic heterocycles. The predicted molar refractivity (Wildman–Crippen MR) is 207 cm³/mol. The van der Waals surface area contributed by atoms with Crippen molar-refractivity contribution in [2.24, 2.45) is 0 Å². The third-order valence-electron chi connectivity index (χ3n) is 10.2. The van der Waals surface area contributed by atoms with Crippen LogP contribution in [0.2, 0.25) is 0 Å². The van der Waals surface area contributed by atoms with E-state index >= 15 is 0 Å². The van der Waals surface area contributed by atoms with Crippen molar-refractivity contribution in [3.8, 4) is 11.1 Å². The molecule has 0 atom stereocenters. The van der Waals surface area contributed by atoms with E-state index in [9.17, 15) is 0 Å². The highest BCUT2D eigenvalue weighted by atomic mass is 15.1. The minimum Gasteiger partial charge on any atom is -0.310 e. The number of rotatable bonds is 5. The van der Waals surface area contributed by atoms with Crippen molar-refractivity contribution >= 4 is 61.5 Å². The second-order valence-electron chi connectivity index (χ2n) is 13.4. The summed E-state index contributed by atoms with van der Waals surface area (Å²) in [6.07, 6.45) is 4.50. The first-order valence-electron chi connectivity index (χ1n) is 16.8. The fourth-order valence-corrected chi connectivity index (χ4v) is 7.76. The number of anilines is 3. The van der Waals surface area contributed by atoms with Crippen molar-refractivity contribution in [2.75, 3.05) is 4.90 Å². The lowest BCUT2D eigenvalue weighted by Gasteiger charge is -2.28. The molecule has 0 aromatic heterocycles. The van der Waals surface area contributed by atoms with Crippen LogP contribution in [-0.4, -0.2) is 0 Å². The molecule has 0 unspecified atom stereocenters. The van der Waals surface area contributed by atoms with Crippen LogP contribution in [0.4, 0.5) is 17.1 Å². The van der Waals surface area contributed by atoms with Crippen LogP contribution in [0.1, 0.15) is 36.1 Å². The van der Waals surface area contributed by atoms with E-state index in [0.29, 0.717) is 0 Å². The van der Waals surface area contributed by atoms with Crippen molar-refractivity contribution in [1.82, 2.24) is 0 Å². The Morgan fingerprint density at radius 3 is 1.94 bits per heavy atom. The largest absolute Gasteiger partial charge is 0.310 e. The first kappa shape index (κ1) is 28.3. The van der Waals surface area contributed by atoms with Crippen molar-refractivity contribution in [1.29, 1.82) is 0 Å². The van der Waals surface area contributed by atoms with Gasteiger partial charge in [0.1, 0.15) is 0 Å². The van der Waals surface area contributed by atoms with Gasteiger partial charge in [-0.05, 0) is 114 Å². The monoisotopic (exact) mass is 613 g/mol. The number of benzene rings is 8. The molecular weight excluding hydrogens is 579 g/mol.